The maximum Gasteiger partial charge on any atom is 0.335 e. The van der Waals surface area contributed by atoms with Crippen LogP contribution in [0.2, 0.25) is 0 Å². The third kappa shape index (κ3) is 9.78. The van der Waals surface area contributed by atoms with Crippen LogP contribution in [0.5, 0.6) is 0 Å². The summed E-state index contributed by atoms with van der Waals surface area (Å²) < 4.78 is 10.9. The zero-order chi connectivity index (χ0) is 15.4. The van der Waals surface area contributed by atoms with E-state index in [0.29, 0.717) is 19.4 Å². The van der Waals surface area contributed by atoms with E-state index in [9.17, 15) is 9.59 Å². The molecule has 1 N–H and O–H groups in total. The standard InChI is InChI=1S/C15H28O5/c1-4-6-11-19-13(9-7-10-14(16)17)15(18)20-12(3)8-5-2/h12-13H,4-11H2,1-3H3,(H,16,17). The molecule has 0 aromatic heterocycles. The first-order chi connectivity index (χ1) is 9.51. The summed E-state index contributed by atoms with van der Waals surface area (Å²) >= 11 is 0. The molecule has 0 saturated heterocycles. The Hall–Kier alpha value is -1.10. The van der Waals surface area contributed by atoms with E-state index >= 15 is 0 Å². The van der Waals surface area contributed by atoms with Crippen molar-refractivity contribution in [1.82, 2.24) is 0 Å². The van der Waals surface area contributed by atoms with Crippen molar-refractivity contribution < 1.29 is 24.2 Å². The minimum absolute atomic E-state index is 0.0471. The molecule has 0 aliphatic heterocycles. The van der Waals surface area contributed by atoms with Crippen molar-refractivity contribution >= 4 is 11.9 Å². The zero-order valence-corrected chi connectivity index (χ0v) is 12.9. The zero-order valence-electron chi connectivity index (χ0n) is 12.9. The van der Waals surface area contributed by atoms with Gasteiger partial charge in [-0.1, -0.05) is 26.7 Å². The van der Waals surface area contributed by atoms with Gasteiger partial charge in [0.1, 0.15) is 0 Å². The molecule has 0 aliphatic rings. The largest absolute Gasteiger partial charge is 0.481 e. The predicted octanol–water partition coefficient (Wildman–Crippen LogP) is 3.16. The van der Waals surface area contributed by atoms with Crippen LogP contribution < -0.4 is 0 Å². The Morgan fingerprint density at radius 2 is 1.80 bits per heavy atom. The number of carboxylic acid groups (broad SMARTS) is 1. The molecule has 20 heavy (non-hydrogen) atoms. The first-order valence-electron chi connectivity index (χ1n) is 7.55. The Labute approximate surface area is 121 Å². The molecule has 0 radical (unpaired) electrons. The molecule has 2 atom stereocenters. The molecule has 0 aromatic carbocycles. The first-order valence-corrected chi connectivity index (χ1v) is 7.55. The van der Waals surface area contributed by atoms with Crippen molar-refractivity contribution in [3.63, 3.8) is 0 Å². The van der Waals surface area contributed by atoms with Gasteiger partial charge in [0.25, 0.3) is 0 Å². The van der Waals surface area contributed by atoms with Gasteiger partial charge in [0, 0.05) is 13.0 Å². The predicted molar refractivity (Wildman–Crippen MR) is 76.6 cm³/mol. The lowest BCUT2D eigenvalue weighted by Gasteiger charge is -2.19. The molecule has 0 aromatic rings. The second-order valence-corrected chi connectivity index (χ2v) is 5.04. The minimum Gasteiger partial charge on any atom is -0.481 e. The summed E-state index contributed by atoms with van der Waals surface area (Å²) in [5.74, 6) is -1.22. The van der Waals surface area contributed by atoms with Gasteiger partial charge < -0.3 is 14.6 Å². The number of aliphatic carboxylic acids is 1. The van der Waals surface area contributed by atoms with Gasteiger partial charge >= 0.3 is 11.9 Å². The molecule has 0 saturated carbocycles. The number of rotatable bonds is 12. The van der Waals surface area contributed by atoms with Crippen molar-refractivity contribution in [3.8, 4) is 0 Å². The van der Waals surface area contributed by atoms with Gasteiger partial charge in [-0.2, -0.15) is 0 Å². The summed E-state index contributed by atoms with van der Waals surface area (Å²) in [6.07, 6.45) is 3.75. The maximum absolute atomic E-state index is 12.0. The van der Waals surface area contributed by atoms with Gasteiger partial charge in [-0.15, -0.1) is 0 Å². The van der Waals surface area contributed by atoms with Crippen LogP contribution in [0.4, 0.5) is 0 Å². The molecule has 0 bridgehead atoms. The average Bonchev–Trinajstić information content (AvgIpc) is 2.36. The Morgan fingerprint density at radius 1 is 1.10 bits per heavy atom. The van der Waals surface area contributed by atoms with Crippen LogP contribution in [0.1, 0.15) is 65.7 Å². The highest BCUT2D eigenvalue weighted by atomic mass is 16.6. The lowest BCUT2D eigenvalue weighted by Crippen LogP contribution is -2.30. The van der Waals surface area contributed by atoms with Gasteiger partial charge in [0.05, 0.1) is 6.10 Å². The average molecular weight is 288 g/mol. The summed E-state index contributed by atoms with van der Waals surface area (Å²) in [6.45, 7) is 6.45. The van der Waals surface area contributed by atoms with Gasteiger partial charge in [-0.25, -0.2) is 4.79 Å². The summed E-state index contributed by atoms with van der Waals surface area (Å²) in [5, 5.41) is 8.64. The number of hydrogen-bond acceptors (Lipinski definition) is 4. The Balaban J connectivity index is 4.25. The van der Waals surface area contributed by atoms with Gasteiger partial charge in [0.2, 0.25) is 0 Å². The van der Waals surface area contributed by atoms with E-state index < -0.39 is 12.1 Å². The Morgan fingerprint density at radius 3 is 2.35 bits per heavy atom. The van der Waals surface area contributed by atoms with E-state index in [1.54, 1.807) is 0 Å². The fourth-order valence-electron chi connectivity index (χ4n) is 1.82. The molecule has 0 fully saturated rings. The van der Waals surface area contributed by atoms with Gasteiger partial charge in [0.15, 0.2) is 6.10 Å². The Bertz CT molecular complexity index is 277. The van der Waals surface area contributed by atoms with Crippen LogP contribution in [0.25, 0.3) is 0 Å². The third-order valence-electron chi connectivity index (χ3n) is 2.95. The highest BCUT2D eigenvalue weighted by Gasteiger charge is 2.22. The highest BCUT2D eigenvalue weighted by Crippen LogP contribution is 2.11. The first kappa shape index (κ1) is 18.9. The highest BCUT2D eigenvalue weighted by molar-refractivity contribution is 5.75. The second kappa shape index (κ2) is 11.7. The quantitative estimate of drug-likeness (QED) is 0.441. The lowest BCUT2D eigenvalue weighted by molar-refractivity contribution is -0.163. The molecule has 0 amide bonds. The molecule has 118 valence electrons. The molecular weight excluding hydrogens is 260 g/mol. The van der Waals surface area contributed by atoms with E-state index in [1.807, 2.05) is 20.8 Å². The fourth-order valence-corrected chi connectivity index (χ4v) is 1.82. The summed E-state index contributed by atoms with van der Waals surface area (Å²) in [7, 11) is 0. The normalized spacial score (nSPS) is 13.8. The number of carbonyl (C=O) groups is 2. The summed E-state index contributed by atoms with van der Waals surface area (Å²) in [5.41, 5.74) is 0. The molecule has 0 aliphatic carbocycles. The van der Waals surface area contributed by atoms with E-state index in [0.717, 1.165) is 25.7 Å². The number of carbonyl (C=O) groups excluding carboxylic acids is 1. The SMILES string of the molecule is CCCCOC(CCCC(=O)O)C(=O)OC(C)CCC. The minimum atomic E-state index is -0.856. The van der Waals surface area contributed by atoms with E-state index in [-0.39, 0.29) is 18.5 Å². The van der Waals surface area contributed by atoms with Crippen LogP contribution in [0.3, 0.4) is 0 Å². The van der Waals surface area contributed by atoms with Gasteiger partial charge in [-0.05, 0) is 32.6 Å². The number of unbranched alkanes of at least 4 members (excludes halogenated alkanes) is 1. The summed E-state index contributed by atoms with van der Waals surface area (Å²) in [6, 6.07) is 0. The lowest BCUT2D eigenvalue weighted by atomic mass is 10.1. The van der Waals surface area contributed by atoms with E-state index in [4.69, 9.17) is 14.6 Å². The van der Waals surface area contributed by atoms with Crippen molar-refractivity contribution in [1.29, 1.82) is 0 Å². The Kier molecular flexibility index (Phi) is 11.1. The summed E-state index contributed by atoms with van der Waals surface area (Å²) in [4.78, 5) is 22.5. The smallest absolute Gasteiger partial charge is 0.335 e. The topological polar surface area (TPSA) is 72.8 Å². The van der Waals surface area contributed by atoms with Crippen LogP contribution in [0.15, 0.2) is 0 Å². The van der Waals surface area contributed by atoms with Crippen molar-refractivity contribution in [2.24, 2.45) is 0 Å². The number of ether oxygens (including phenoxy) is 2. The van der Waals surface area contributed by atoms with E-state index in [2.05, 4.69) is 0 Å². The fraction of sp³-hybridized carbons (Fsp3) is 0.867. The number of carboxylic acids is 1. The van der Waals surface area contributed by atoms with Crippen LogP contribution >= 0.6 is 0 Å². The third-order valence-corrected chi connectivity index (χ3v) is 2.95. The van der Waals surface area contributed by atoms with Crippen molar-refractivity contribution in [2.75, 3.05) is 6.61 Å². The molecule has 0 heterocycles. The van der Waals surface area contributed by atoms with Crippen LogP contribution in [0, 0.1) is 0 Å². The second-order valence-electron chi connectivity index (χ2n) is 5.04. The maximum atomic E-state index is 12.0. The molecule has 2 unspecified atom stereocenters. The number of esters is 1. The monoisotopic (exact) mass is 288 g/mol. The molecule has 0 spiro atoms. The van der Waals surface area contributed by atoms with Crippen LogP contribution in [-0.2, 0) is 19.1 Å². The molecule has 0 rings (SSSR count). The van der Waals surface area contributed by atoms with Crippen LogP contribution in [-0.4, -0.2) is 35.9 Å². The van der Waals surface area contributed by atoms with Crippen molar-refractivity contribution in [2.45, 2.75) is 77.9 Å². The van der Waals surface area contributed by atoms with Crippen molar-refractivity contribution in [3.05, 3.63) is 0 Å². The molecule has 5 nitrogen and oxygen atoms in total. The number of hydrogen-bond donors (Lipinski definition) is 1. The van der Waals surface area contributed by atoms with E-state index in [1.165, 1.54) is 0 Å². The van der Waals surface area contributed by atoms with Gasteiger partial charge in [-0.3, -0.25) is 4.79 Å². The molecular formula is C15H28O5. The molecule has 5 heteroatoms.